The summed E-state index contributed by atoms with van der Waals surface area (Å²) in [7, 11) is 0. The summed E-state index contributed by atoms with van der Waals surface area (Å²) < 4.78 is 7.82. The average Bonchev–Trinajstić information content (AvgIpc) is 3.08. The zero-order valence-electron chi connectivity index (χ0n) is 11.1. The van der Waals surface area contributed by atoms with Gasteiger partial charge in [-0.15, -0.1) is 11.3 Å². The molecular weight excluding hydrogens is 284 g/mol. The molecule has 0 fully saturated rings. The molecule has 4 aromatic rings. The maximum absolute atomic E-state index is 9.58. The summed E-state index contributed by atoms with van der Waals surface area (Å²) in [5, 5.41) is 13.7. The predicted molar refractivity (Wildman–Crippen MR) is 83.0 cm³/mol. The van der Waals surface area contributed by atoms with E-state index in [1.54, 1.807) is 0 Å². The van der Waals surface area contributed by atoms with E-state index in [2.05, 4.69) is 4.98 Å². The Labute approximate surface area is 124 Å². The van der Waals surface area contributed by atoms with Crippen LogP contribution in [0.15, 0.2) is 54.0 Å². The third-order valence-corrected chi connectivity index (χ3v) is 4.19. The maximum Gasteiger partial charge on any atom is 0.244 e. The fourth-order valence-corrected chi connectivity index (χ4v) is 3.15. The number of nitrogens with zero attached hydrogens (tertiary/aromatic N) is 2. The Morgan fingerprint density at radius 3 is 2.90 bits per heavy atom. The van der Waals surface area contributed by atoms with Crippen molar-refractivity contribution >= 4 is 27.1 Å². The molecule has 4 nitrogen and oxygen atoms in total. The zero-order valence-corrected chi connectivity index (χ0v) is 11.9. The Hall–Kier alpha value is -2.37. The fourth-order valence-electron chi connectivity index (χ4n) is 2.43. The number of ether oxygens (including phenoxy) is 1. The van der Waals surface area contributed by atoms with Crippen LogP contribution < -0.4 is 4.74 Å². The molecule has 2 aromatic carbocycles. The molecule has 0 unspecified atom stereocenters. The number of aliphatic hydroxyl groups excluding tert-OH is 1. The highest BCUT2D eigenvalue weighted by Crippen LogP contribution is 2.32. The Morgan fingerprint density at radius 2 is 2.00 bits per heavy atom. The van der Waals surface area contributed by atoms with Gasteiger partial charge in [0, 0.05) is 17.0 Å². The predicted octanol–water partition coefficient (Wildman–Crippen LogP) is 3.83. The van der Waals surface area contributed by atoms with Gasteiger partial charge >= 0.3 is 0 Å². The van der Waals surface area contributed by atoms with Crippen LogP contribution >= 0.6 is 11.3 Å². The van der Waals surface area contributed by atoms with Gasteiger partial charge in [-0.3, -0.25) is 4.40 Å². The summed E-state index contributed by atoms with van der Waals surface area (Å²) in [6.45, 7) is -0.113. The fraction of sp³-hybridized carbons (Fsp3) is 0.0625. The Bertz CT molecular complexity index is 921. The van der Waals surface area contributed by atoms with Gasteiger partial charge in [0.2, 0.25) is 5.88 Å². The first kappa shape index (κ1) is 12.4. The van der Waals surface area contributed by atoms with Gasteiger partial charge in [0.15, 0.2) is 4.96 Å². The number of imidazole rings is 1. The number of fused-ring (bicyclic) bond motifs is 2. The highest BCUT2D eigenvalue weighted by molar-refractivity contribution is 7.15. The second kappa shape index (κ2) is 4.87. The number of aliphatic hydroxyl groups is 1. The second-order valence-electron chi connectivity index (χ2n) is 4.66. The quantitative estimate of drug-likeness (QED) is 0.625. The Morgan fingerprint density at radius 1 is 1.14 bits per heavy atom. The van der Waals surface area contributed by atoms with E-state index in [1.807, 2.05) is 58.4 Å². The molecule has 104 valence electrons. The van der Waals surface area contributed by atoms with Crippen LogP contribution in [0.1, 0.15) is 5.69 Å². The highest BCUT2D eigenvalue weighted by Gasteiger charge is 2.15. The van der Waals surface area contributed by atoms with Gasteiger partial charge in [-0.1, -0.05) is 36.4 Å². The van der Waals surface area contributed by atoms with Crippen LogP contribution in [0.25, 0.3) is 15.7 Å². The minimum atomic E-state index is -0.113. The summed E-state index contributed by atoms with van der Waals surface area (Å²) in [5.41, 5.74) is 0.666. The van der Waals surface area contributed by atoms with Crippen LogP contribution in [0.5, 0.6) is 11.6 Å². The molecule has 0 amide bonds. The van der Waals surface area contributed by atoms with Crippen molar-refractivity contribution in [1.29, 1.82) is 0 Å². The van der Waals surface area contributed by atoms with E-state index >= 15 is 0 Å². The molecule has 1 N–H and O–H groups in total. The van der Waals surface area contributed by atoms with Gasteiger partial charge in [-0.2, -0.15) is 4.98 Å². The number of aromatic nitrogens is 2. The normalized spacial score (nSPS) is 11.3. The molecule has 0 spiro atoms. The minimum absolute atomic E-state index is 0.113. The first-order chi connectivity index (χ1) is 10.4. The first-order valence-electron chi connectivity index (χ1n) is 6.58. The summed E-state index contributed by atoms with van der Waals surface area (Å²) in [6.07, 6.45) is 1.88. The first-order valence-corrected chi connectivity index (χ1v) is 7.45. The van der Waals surface area contributed by atoms with Crippen molar-refractivity contribution in [2.24, 2.45) is 0 Å². The zero-order chi connectivity index (χ0) is 14.2. The summed E-state index contributed by atoms with van der Waals surface area (Å²) in [4.78, 5) is 5.26. The van der Waals surface area contributed by atoms with E-state index < -0.39 is 0 Å². The lowest BCUT2D eigenvalue weighted by atomic mass is 10.1. The number of rotatable bonds is 3. The van der Waals surface area contributed by atoms with E-state index in [-0.39, 0.29) is 6.61 Å². The lowest BCUT2D eigenvalue weighted by molar-refractivity contribution is 0.270. The van der Waals surface area contributed by atoms with Crippen molar-refractivity contribution in [1.82, 2.24) is 9.38 Å². The van der Waals surface area contributed by atoms with Crippen LogP contribution in [0, 0.1) is 0 Å². The second-order valence-corrected chi connectivity index (χ2v) is 5.53. The van der Waals surface area contributed by atoms with Crippen molar-refractivity contribution in [3.8, 4) is 11.6 Å². The molecule has 5 heteroatoms. The van der Waals surface area contributed by atoms with E-state index in [0.717, 1.165) is 21.5 Å². The number of hydrogen-bond donors (Lipinski definition) is 1. The molecule has 0 bridgehead atoms. The van der Waals surface area contributed by atoms with Crippen LogP contribution in [0.4, 0.5) is 0 Å². The SMILES string of the molecule is OCc1c(Oc2cccc3ccccc23)nc2sccn12. The molecular formula is C16H12N2O2S. The van der Waals surface area contributed by atoms with E-state index in [9.17, 15) is 5.11 Å². The summed E-state index contributed by atoms with van der Waals surface area (Å²) in [5.74, 6) is 1.20. The van der Waals surface area contributed by atoms with Crippen molar-refractivity contribution < 1.29 is 9.84 Å². The van der Waals surface area contributed by atoms with E-state index in [1.165, 1.54) is 11.3 Å². The van der Waals surface area contributed by atoms with Gasteiger partial charge in [0.25, 0.3) is 0 Å². The van der Waals surface area contributed by atoms with Gasteiger partial charge in [-0.25, -0.2) is 0 Å². The third kappa shape index (κ3) is 1.98. The molecule has 2 aromatic heterocycles. The molecule has 0 saturated carbocycles. The van der Waals surface area contributed by atoms with Crippen LogP contribution in [-0.2, 0) is 6.61 Å². The Balaban J connectivity index is 1.84. The third-order valence-electron chi connectivity index (χ3n) is 3.43. The molecule has 0 saturated heterocycles. The standard InChI is InChI=1S/C16H12N2O2S/c19-10-13-15(17-16-18(13)8-9-21-16)20-14-7-3-5-11-4-1-2-6-12(11)14/h1-9,19H,10H2. The largest absolute Gasteiger partial charge is 0.437 e. The molecule has 0 atom stereocenters. The van der Waals surface area contributed by atoms with Gasteiger partial charge in [-0.05, 0) is 11.5 Å². The highest BCUT2D eigenvalue weighted by atomic mass is 32.1. The molecule has 0 aliphatic heterocycles. The topological polar surface area (TPSA) is 46.8 Å². The van der Waals surface area contributed by atoms with Gasteiger partial charge in [0.05, 0.1) is 6.61 Å². The maximum atomic E-state index is 9.58. The Kier molecular flexibility index (Phi) is 2.87. The summed E-state index contributed by atoms with van der Waals surface area (Å²) >= 11 is 1.51. The van der Waals surface area contributed by atoms with Crippen molar-refractivity contribution in [3.63, 3.8) is 0 Å². The lowest BCUT2D eigenvalue weighted by Crippen LogP contribution is -1.94. The molecule has 0 aliphatic rings. The minimum Gasteiger partial charge on any atom is -0.437 e. The van der Waals surface area contributed by atoms with Gasteiger partial charge < -0.3 is 9.84 Å². The molecule has 0 radical (unpaired) electrons. The van der Waals surface area contributed by atoms with Crippen LogP contribution in [-0.4, -0.2) is 14.5 Å². The summed E-state index contributed by atoms with van der Waals surface area (Å²) in [6, 6.07) is 13.9. The van der Waals surface area contributed by atoms with E-state index in [0.29, 0.717) is 11.6 Å². The number of benzene rings is 2. The molecule has 0 aliphatic carbocycles. The van der Waals surface area contributed by atoms with E-state index in [4.69, 9.17) is 4.74 Å². The van der Waals surface area contributed by atoms with Crippen molar-refractivity contribution in [2.75, 3.05) is 0 Å². The molecule has 21 heavy (non-hydrogen) atoms. The monoisotopic (exact) mass is 296 g/mol. The van der Waals surface area contributed by atoms with Crippen LogP contribution in [0.3, 0.4) is 0 Å². The van der Waals surface area contributed by atoms with Crippen molar-refractivity contribution in [2.45, 2.75) is 6.61 Å². The lowest BCUT2D eigenvalue weighted by Gasteiger charge is -2.07. The van der Waals surface area contributed by atoms with Gasteiger partial charge in [0.1, 0.15) is 11.4 Å². The number of hydrogen-bond acceptors (Lipinski definition) is 4. The van der Waals surface area contributed by atoms with Crippen molar-refractivity contribution in [3.05, 3.63) is 59.7 Å². The molecule has 4 rings (SSSR count). The van der Waals surface area contributed by atoms with Crippen LogP contribution in [0.2, 0.25) is 0 Å². The average molecular weight is 296 g/mol. The number of thiazole rings is 1. The molecule has 2 heterocycles. The smallest absolute Gasteiger partial charge is 0.244 e.